The van der Waals surface area contributed by atoms with Gasteiger partial charge in [0.2, 0.25) is 0 Å². The van der Waals surface area contributed by atoms with E-state index in [1.807, 2.05) is 12.1 Å². The number of benzene rings is 2. The zero-order chi connectivity index (χ0) is 19.4. The smallest absolute Gasteiger partial charge is 0.311 e. The minimum absolute atomic E-state index is 0.152. The highest BCUT2D eigenvalue weighted by atomic mass is 16.6. The second-order valence-corrected chi connectivity index (χ2v) is 6.64. The van der Waals surface area contributed by atoms with Crippen LogP contribution in [0.5, 0.6) is 5.75 Å². The zero-order valence-electron chi connectivity index (χ0n) is 15.6. The summed E-state index contributed by atoms with van der Waals surface area (Å²) in [4.78, 5) is 27.4. The van der Waals surface area contributed by atoms with Gasteiger partial charge in [0, 0.05) is 44.4 Å². The van der Waals surface area contributed by atoms with Gasteiger partial charge >= 0.3 is 5.69 Å². The molecule has 142 valence electrons. The van der Waals surface area contributed by atoms with Crippen LogP contribution in [0, 0.1) is 17.0 Å². The van der Waals surface area contributed by atoms with Gasteiger partial charge in [-0.25, -0.2) is 0 Å². The maximum atomic E-state index is 12.7. The molecule has 2 aromatic rings. The fourth-order valence-electron chi connectivity index (χ4n) is 3.29. The van der Waals surface area contributed by atoms with Crippen molar-refractivity contribution in [3.63, 3.8) is 0 Å². The Morgan fingerprint density at radius 1 is 1.15 bits per heavy atom. The second kappa shape index (κ2) is 8.18. The Hall–Kier alpha value is -2.93. The summed E-state index contributed by atoms with van der Waals surface area (Å²) in [5.74, 6) is -0.0316. The molecular weight excluding hydrogens is 346 g/mol. The zero-order valence-corrected chi connectivity index (χ0v) is 15.6. The van der Waals surface area contributed by atoms with E-state index in [0.717, 1.165) is 19.6 Å². The third kappa shape index (κ3) is 4.25. The molecule has 0 aliphatic carbocycles. The molecule has 0 spiro atoms. The quantitative estimate of drug-likeness (QED) is 0.598. The third-order valence-electron chi connectivity index (χ3n) is 4.94. The fourth-order valence-corrected chi connectivity index (χ4v) is 3.29. The summed E-state index contributed by atoms with van der Waals surface area (Å²) in [7, 11) is 1.37. The molecule has 3 rings (SSSR count). The first-order chi connectivity index (χ1) is 13.0. The highest BCUT2D eigenvalue weighted by Gasteiger charge is 2.25. The van der Waals surface area contributed by atoms with Gasteiger partial charge in [0.1, 0.15) is 0 Å². The Morgan fingerprint density at radius 2 is 1.85 bits per heavy atom. The number of rotatable bonds is 5. The van der Waals surface area contributed by atoms with Crippen LogP contribution < -0.4 is 4.74 Å². The van der Waals surface area contributed by atoms with Gasteiger partial charge in [-0.1, -0.05) is 24.3 Å². The topological polar surface area (TPSA) is 75.9 Å². The van der Waals surface area contributed by atoms with Gasteiger partial charge in [0.25, 0.3) is 5.91 Å². The van der Waals surface area contributed by atoms with Crippen LogP contribution in [0.4, 0.5) is 5.69 Å². The minimum atomic E-state index is -0.532. The van der Waals surface area contributed by atoms with E-state index in [1.165, 1.54) is 30.4 Å². The van der Waals surface area contributed by atoms with Crippen molar-refractivity contribution in [1.29, 1.82) is 0 Å². The average Bonchev–Trinajstić information content (AvgIpc) is 2.69. The maximum absolute atomic E-state index is 12.7. The predicted molar refractivity (Wildman–Crippen MR) is 102 cm³/mol. The van der Waals surface area contributed by atoms with Crippen LogP contribution in [-0.4, -0.2) is 53.9 Å². The van der Waals surface area contributed by atoms with Crippen LogP contribution in [0.15, 0.2) is 42.5 Å². The molecule has 0 atom stereocenters. The Kier molecular flexibility index (Phi) is 5.71. The van der Waals surface area contributed by atoms with Crippen LogP contribution in [0.25, 0.3) is 0 Å². The van der Waals surface area contributed by atoms with E-state index >= 15 is 0 Å². The van der Waals surface area contributed by atoms with Crippen LogP contribution in [-0.2, 0) is 6.54 Å². The van der Waals surface area contributed by atoms with Gasteiger partial charge in [0.15, 0.2) is 5.75 Å². The molecule has 1 aliphatic rings. The summed E-state index contributed by atoms with van der Waals surface area (Å²) in [5.41, 5.74) is 2.68. The summed E-state index contributed by atoms with van der Waals surface area (Å²) >= 11 is 0. The standard InChI is InChI=1S/C20H23N3O4/c1-15-5-3-4-6-17(15)14-21-9-11-22(12-10-21)20(24)16-7-8-19(27-2)18(13-16)23(25)26/h3-8,13H,9-12,14H2,1-2H3. The van der Waals surface area contributed by atoms with Gasteiger partial charge in [-0.3, -0.25) is 19.8 Å². The van der Waals surface area contributed by atoms with E-state index < -0.39 is 4.92 Å². The molecule has 0 bridgehead atoms. The molecule has 7 nitrogen and oxygen atoms in total. The van der Waals surface area contributed by atoms with E-state index in [4.69, 9.17) is 4.74 Å². The number of piperazine rings is 1. The molecule has 0 radical (unpaired) electrons. The van der Waals surface area contributed by atoms with Crippen molar-refractivity contribution >= 4 is 11.6 Å². The number of aryl methyl sites for hydroxylation is 1. The van der Waals surface area contributed by atoms with Crippen molar-refractivity contribution in [1.82, 2.24) is 9.80 Å². The Balaban J connectivity index is 1.64. The molecule has 1 amide bonds. The summed E-state index contributed by atoms with van der Waals surface area (Å²) in [6.45, 7) is 5.72. The average molecular weight is 369 g/mol. The lowest BCUT2D eigenvalue weighted by molar-refractivity contribution is -0.385. The van der Waals surface area contributed by atoms with Crippen molar-refractivity contribution in [3.8, 4) is 5.75 Å². The third-order valence-corrected chi connectivity index (χ3v) is 4.94. The summed E-state index contributed by atoms with van der Waals surface area (Å²) < 4.78 is 4.99. The molecule has 0 unspecified atom stereocenters. The summed E-state index contributed by atoms with van der Waals surface area (Å²) in [5, 5.41) is 11.2. The van der Waals surface area contributed by atoms with E-state index in [-0.39, 0.29) is 17.3 Å². The van der Waals surface area contributed by atoms with Gasteiger partial charge in [-0.15, -0.1) is 0 Å². The lowest BCUT2D eigenvalue weighted by Crippen LogP contribution is -2.48. The largest absolute Gasteiger partial charge is 0.490 e. The minimum Gasteiger partial charge on any atom is -0.490 e. The van der Waals surface area contributed by atoms with Gasteiger partial charge in [-0.05, 0) is 30.2 Å². The predicted octanol–water partition coefficient (Wildman–Crippen LogP) is 2.87. The number of carbonyl (C=O) groups is 1. The number of hydrogen-bond acceptors (Lipinski definition) is 5. The first-order valence-corrected chi connectivity index (χ1v) is 8.88. The molecule has 1 fully saturated rings. The van der Waals surface area contributed by atoms with Crippen molar-refractivity contribution in [2.75, 3.05) is 33.3 Å². The van der Waals surface area contributed by atoms with Crippen molar-refractivity contribution in [3.05, 3.63) is 69.3 Å². The van der Waals surface area contributed by atoms with E-state index in [9.17, 15) is 14.9 Å². The van der Waals surface area contributed by atoms with Crippen LogP contribution in [0.2, 0.25) is 0 Å². The van der Waals surface area contributed by atoms with E-state index in [2.05, 4.69) is 24.0 Å². The fraction of sp³-hybridized carbons (Fsp3) is 0.350. The van der Waals surface area contributed by atoms with Crippen LogP contribution >= 0.6 is 0 Å². The van der Waals surface area contributed by atoms with E-state index in [1.54, 1.807) is 11.0 Å². The highest BCUT2D eigenvalue weighted by Crippen LogP contribution is 2.28. The first kappa shape index (κ1) is 18.8. The molecule has 7 heteroatoms. The number of ether oxygens (including phenoxy) is 1. The number of nitro groups is 1. The Labute approximate surface area is 158 Å². The Morgan fingerprint density at radius 3 is 2.48 bits per heavy atom. The van der Waals surface area contributed by atoms with Crippen molar-refractivity contribution in [2.45, 2.75) is 13.5 Å². The molecule has 0 saturated carbocycles. The lowest BCUT2D eigenvalue weighted by Gasteiger charge is -2.35. The Bertz CT molecular complexity index is 845. The van der Waals surface area contributed by atoms with E-state index in [0.29, 0.717) is 18.7 Å². The number of amides is 1. The highest BCUT2D eigenvalue weighted by molar-refractivity contribution is 5.95. The van der Waals surface area contributed by atoms with Crippen LogP contribution in [0.1, 0.15) is 21.5 Å². The number of carbonyl (C=O) groups excluding carboxylic acids is 1. The number of nitrogens with zero attached hydrogens (tertiary/aromatic N) is 3. The summed E-state index contributed by atoms with van der Waals surface area (Å²) in [6.07, 6.45) is 0. The molecule has 0 N–H and O–H groups in total. The SMILES string of the molecule is COc1ccc(C(=O)N2CCN(Cc3ccccc3C)CC2)cc1[N+](=O)[O-]. The molecule has 0 aromatic heterocycles. The number of hydrogen-bond donors (Lipinski definition) is 0. The molecule has 1 saturated heterocycles. The van der Waals surface area contributed by atoms with Crippen LogP contribution in [0.3, 0.4) is 0 Å². The maximum Gasteiger partial charge on any atom is 0.311 e. The van der Waals surface area contributed by atoms with Gasteiger partial charge in [0.05, 0.1) is 12.0 Å². The molecule has 27 heavy (non-hydrogen) atoms. The van der Waals surface area contributed by atoms with Crippen molar-refractivity contribution in [2.24, 2.45) is 0 Å². The monoisotopic (exact) mass is 369 g/mol. The molecule has 1 aliphatic heterocycles. The lowest BCUT2D eigenvalue weighted by atomic mass is 10.1. The van der Waals surface area contributed by atoms with Crippen molar-refractivity contribution < 1.29 is 14.5 Å². The summed E-state index contributed by atoms with van der Waals surface area (Å²) in [6, 6.07) is 12.6. The molecule has 1 heterocycles. The molecular formula is C20H23N3O4. The first-order valence-electron chi connectivity index (χ1n) is 8.88. The normalized spacial score (nSPS) is 14.8. The number of methoxy groups -OCH3 is 1. The number of nitro benzene ring substituents is 1. The second-order valence-electron chi connectivity index (χ2n) is 6.64. The van der Waals surface area contributed by atoms with Gasteiger partial charge in [-0.2, -0.15) is 0 Å². The molecule has 2 aromatic carbocycles. The van der Waals surface area contributed by atoms with Gasteiger partial charge < -0.3 is 9.64 Å².